The third kappa shape index (κ3) is 4.14. The zero-order valence-corrected chi connectivity index (χ0v) is 14.8. The van der Waals surface area contributed by atoms with Gasteiger partial charge < -0.3 is 0 Å². The standard InChI is InChI=1S/C19H12F5NO2S/c20-16-11-18(17(21)10-15(16)19(22,23)24)25-28(26,27)14-8-6-13(7-9-14)12-4-2-1-3-5-12/h1-11,25H. The highest BCUT2D eigenvalue weighted by molar-refractivity contribution is 7.92. The fraction of sp³-hybridized carbons (Fsp3) is 0.0526. The van der Waals surface area contributed by atoms with Gasteiger partial charge in [-0.2, -0.15) is 13.2 Å². The van der Waals surface area contributed by atoms with Gasteiger partial charge in [0.15, 0.2) is 0 Å². The first-order chi connectivity index (χ1) is 13.1. The lowest BCUT2D eigenvalue weighted by Crippen LogP contribution is -2.16. The second kappa shape index (κ2) is 7.23. The summed E-state index contributed by atoms with van der Waals surface area (Å²) in [6, 6.07) is 14.7. The van der Waals surface area contributed by atoms with Crippen LogP contribution in [-0.4, -0.2) is 8.42 Å². The van der Waals surface area contributed by atoms with Crippen molar-refractivity contribution < 1.29 is 30.4 Å². The van der Waals surface area contributed by atoms with Gasteiger partial charge in [0.2, 0.25) is 0 Å². The molecule has 28 heavy (non-hydrogen) atoms. The molecule has 0 aliphatic heterocycles. The Morgan fingerprint density at radius 1 is 0.750 bits per heavy atom. The van der Waals surface area contributed by atoms with Gasteiger partial charge in [0.25, 0.3) is 10.0 Å². The number of hydrogen-bond donors (Lipinski definition) is 1. The number of anilines is 1. The number of rotatable bonds is 4. The predicted molar refractivity (Wildman–Crippen MR) is 94.0 cm³/mol. The van der Waals surface area contributed by atoms with Crippen LogP contribution in [0.1, 0.15) is 5.56 Å². The Bertz CT molecular complexity index is 1100. The monoisotopic (exact) mass is 413 g/mol. The number of alkyl halides is 3. The second-order valence-electron chi connectivity index (χ2n) is 5.81. The zero-order chi connectivity index (χ0) is 20.5. The van der Waals surface area contributed by atoms with Crippen LogP contribution in [0.5, 0.6) is 0 Å². The van der Waals surface area contributed by atoms with Gasteiger partial charge in [0.1, 0.15) is 11.6 Å². The average molecular weight is 413 g/mol. The molecular weight excluding hydrogens is 401 g/mol. The van der Waals surface area contributed by atoms with Crippen molar-refractivity contribution in [2.45, 2.75) is 11.1 Å². The third-order valence-corrected chi connectivity index (χ3v) is 5.26. The molecule has 146 valence electrons. The molecule has 0 bridgehead atoms. The Hall–Kier alpha value is -2.94. The Kier molecular flexibility index (Phi) is 5.12. The SMILES string of the molecule is O=S(=O)(Nc1cc(F)c(C(F)(F)F)cc1F)c1ccc(-c2ccccc2)cc1. The van der Waals surface area contributed by atoms with Crippen molar-refractivity contribution in [2.75, 3.05) is 4.72 Å². The summed E-state index contributed by atoms with van der Waals surface area (Å²) in [7, 11) is -4.34. The normalized spacial score (nSPS) is 12.0. The number of benzene rings is 3. The minimum absolute atomic E-state index is 0.0916. The Balaban J connectivity index is 1.89. The molecule has 0 saturated heterocycles. The molecule has 0 atom stereocenters. The van der Waals surface area contributed by atoms with E-state index in [-0.39, 0.29) is 17.0 Å². The molecule has 9 heteroatoms. The van der Waals surface area contributed by atoms with Crippen LogP contribution in [0.15, 0.2) is 71.6 Å². The number of sulfonamides is 1. The summed E-state index contributed by atoms with van der Waals surface area (Å²) in [5.74, 6) is -3.33. The van der Waals surface area contributed by atoms with Gasteiger partial charge >= 0.3 is 6.18 Å². The van der Waals surface area contributed by atoms with Crippen molar-refractivity contribution in [1.29, 1.82) is 0 Å². The molecule has 3 aromatic carbocycles. The zero-order valence-electron chi connectivity index (χ0n) is 14.0. The number of halogens is 5. The van der Waals surface area contributed by atoms with E-state index in [1.807, 2.05) is 30.3 Å². The van der Waals surface area contributed by atoms with Crippen molar-refractivity contribution in [3.8, 4) is 11.1 Å². The van der Waals surface area contributed by atoms with Gasteiger partial charge in [-0.25, -0.2) is 17.2 Å². The highest BCUT2D eigenvalue weighted by Gasteiger charge is 2.35. The lowest BCUT2D eigenvalue weighted by molar-refractivity contribution is -0.140. The molecule has 0 spiro atoms. The van der Waals surface area contributed by atoms with Crippen molar-refractivity contribution in [2.24, 2.45) is 0 Å². The van der Waals surface area contributed by atoms with Crippen LogP contribution in [-0.2, 0) is 16.2 Å². The summed E-state index contributed by atoms with van der Waals surface area (Å²) in [5.41, 5.74) is -1.17. The van der Waals surface area contributed by atoms with E-state index in [2.05, 4.69) is 0 Å². The fourth-order valence-corrected chi connectivity index (χ4v) is 3.56. The van der Waals surface area contributed by atoms with Crippen molar-refractivity contribution in [1.82, 2.24) is 0 Å². The molecule has 0 unspecified atom stereocenters. The smallest absolute Gasteiger partial charge is 0.277 e. The Morgan fingerprint density at radius 2 is 1.32 bits per heavy atom. The van der Waals surface area contributed by atoms with Crippen LogP contribution in [0.2, 0.25) is 0 Å². The quantitative estimate of drug-likeness (QED) is 0.578. The lowest BCUT2D eigenvalue weighted by Gasteiger charge is -2.13. The van der Waals surface area contributed by atoms with Crippen LogP contribution in [0.25, 0.3) is 11.1 Å². The first-order valence-electron chi connectivity index (χ1n) is 7.82. The third-order valence-electron chi connectivity index (χ3n) is 3.88. The summed E-state index contributed by atoms with van der Waals surface area (Å²) in [4.78, 5) is -0.258. The summed E-state index contributed by atoms with van der Waals surface area (Å²) in [5, 5.41) is 0. The molecule has 0 fully saturated rings. The van der Waals surface area contributed by atoms with E-state index in [0.29, 0.717) is 0 Å². The molecule has 0 amide bonds. The maximum atomic E-state index is 13.9. The maximum absolute atomic E-state index is 13.9. The summed E-state index contributed by atoms with van der Waals surface area (Å²) >= 11 is 0. The maximum Gasteiger partial charge on any atom is 0.419 e. The molecular formula is C19H12F5NO2S. The fourth-order valence-electron chi connectivity index (χ4n) is 2.50. The van der Waals surface area contributed by atoms with Gasteiger partial charge in [-0.3, -0.25) is 4.72 Å². The van der Waals surface area contributed by atoms with Gasteiger partial charge in [-0.05, 0) is 29.3 Å². The van der Waals surface area contributed by atoms with E-state index in [0.717, 1.165) is 11.1 Å². The van der Waals surface area contributed by atoms with E-state index in [1.54, 1.807) is 4.72 Å². The van der Waals surface area contributed by atoms with Crippen LogP contribution < -0.4 is 4.72 Å². The molecule has 3 nitrogen and oxygen atoms in total. The molecule has 0 heterocycles. The Labute approximate surface area is 157 Å². The Morgan fingerprint density at radius 3 is 1.89 bits per heavy atom. The summed E-state index contributed by atoms with van der Waals surface area (Å²) in [6.45, 7) is 0. The topological polar surface area (TPSA) is 46.2 Å². The number of nitrogens with one attached hydrogen (secondary N) is 1. The average Bonchev–Trinajstić information content (AvgIpc) is 2.64. The van der Waals surface area contributed by atoms with Gasteiger partial charge in [0, 0.05) is 6.07 Å². The molecule has 1 N–H and O–H groups in total. The second-order valence-corrected chi connectivity index (χ2v) is 7.49. The van der Waals surface area contributed by atoms with Gasteiger partial charge in [-0.15, -0.1) is 0 Å². The van der Waals surface area contributed by atoms with E-state index in [4.69, 9.17) is 0 Å². The molecule has 0 radical (unpaired) electrons. The highest BCUT2D eigenvalue weighted by Crippen LogP contribution is 2.34. The van der Waals surface area contributed by atoms with Gasteiger partial charge in [0.05, 0.1) is 16.1 Å². The first-order valence-corrected chi connectivity index (χ1v) is 9.31. The molecule has 3 aromatic rings. The van der Waals surface area contributed by atoms with Gasteiger partial charge in [-0.1, -0.05) is 42.5 Å². The minimum atomic E-state index is -5.10. The highest BCUT2D eigenvalue weighted by atomic mass is 32.2. The van der Waals surface area contributed by atoms with Crippen LogP contribution in [0.3, 0.4) is 0 Å². The number of hydrogen-bond acceptors (Lipinski definition) is 2. The molecule has 3 rings (SSSR count). The van der Waals surface area contributed by atoms with Crippen molar-refractivity contribution in [3.05, 3.63) is 83.9 Å². The molecule has 0 aromatic heterocycles. The van der Waals surface area contributed by atoms with Crippen molar-refractivity contribution in [3.63, 3.8) is 0 Å². The first kappa shape index (κ1) is 19.8. The van der Waals surface area contributed by atoms with E-state index in [9.17, 15) is 30.4 Å². The molecule has 0 aliphatic rings. The lowest BCUT2D eigenvalue weighted by atomic mass is 10.1. The van der Waals surface area contributed by atoms with E-state index < -0.39 is 39.1 Å². The molecule has 0 aliphatic carbocycles. The van der Waals surface area contributed by atoms with Crippen molar-refractivity contribution >= 4 is 15.7 Å². The molecule has 0 saturated carbocycles. The van der Waals surface area contributed by atoms with E-state index in [1.165, 1.54) is 24.3 Å². The van der Waals surface area contributed by atoms with Crippen LogP contribution >= 0.6 is 0 Å². The summed E-state index contributed by atoms with van der Waals surface area (Å²) in [6.07, 6.45) is -5.10. The van der Waals surface area contributed by atoms with Crippen LogP contribution in [0, 0.1) is 11.6 Å². The predicted octanol–water partition coefficient (Wildman–Crippen LogP) is 5.45. The minimum Gasteiger partial charge on any atom is -0.277 e. The summed E-state index contributed by atoms with van der Waals surface area (Å²) < 4.78 is 91.8. The largest absolute Gasteiger partial charge is 0.419 e. The van der Waals surface area contributed by atoms with E-state index >= 15 is 0 Å². The van der Waals surface area contributed by atoms with Crippen LogP contribution in [0.4, 0.5) is 27.6 Å².